The third-order valence-corrected chi connectivity index (χ3v) is 9.00. The van der Waals surface area contributed by atoms with Gasteiger partial charge in [0.2, 0.25) is 21.8 Å². The van der Waals surface area contributed by atoms with Crippen LogP contribution in [0.5, 0.6) is 5.75 Å². The van der Waals surface area contributed by atoms with Crippen molar-refractivity contribution in [3.63, 3.8) is 0 Å². The number of carbonyl (C=O) groups is 2. The third-order valence-electron chi connectivity index (χ3n) is 7.60. The molecule has 8 nitrogen and oxygen atoms in total. The Morgan fingerprint density at radius 2 is 1.58 bits per heavy atom. The number of rotatable bonds is 13. The zero-order valence-corrected chi connectivity index (χ0v) is 26.3. The van der Waals surface area contributed by atoms with Crippen molar-refractivity contribution in [3.05, 3.63) is 95.0 Å². The van der Waals surface area contributed by atoms with Crippen molar-refractivity contribution in [2.24, 2.45) is 0 Å². The van der Waals surface area contributed by atoms with Gasteiger partial charge in [-0.25, -0.2) is 8.42 Å². The Hall–Kier alpha value is -3.56. The van der Waals surface area contributed by atoms with Crippen LogP contribution < -0.4 is 14.4 Å². The van der Waals surface area contributed by atoms with E-state index in [-0.39, 0.29) is 24.9 Å². The number of halogens is 1. The molecule has 230 valence electrons. The van der Waals surface area contributed by atoms with E-state index in [0.717, 1.165) is 53.8 Å². The van der Waals surface area contributed by atoms with Gasteiger partial charge in [-0.15, -0.1) is 0 Å². The summed E-state index contributed by atoms with van der Waals surface area (Å²) in [6.45, 7) is 1.97. The van der Waals surface area contributed by atoms with E-state index in [1.807, 2.05) is 49.4 Å². The van der Waals surface area contributed by atoms with Gasteiger partial charge in [0, 0.05) is 24.0 Å². The van der Waals surface area contributed by atoms with Crippen molar-refractivity contribution >= 4 is 39.1 Å². The van der Waals surface area contributed by atoms with Crippen molar-refractivity contribution < 1.29 is 22.7 Å². The van der Waals surface area contributed by atoms with E-state index in [4.69, 9.17) is 16.3 Å². The van der Waals surface area contributed by atoms with E-state index in [0.29, 0.717) is 23.1 Å². The van der Waals surface area contributed by atoms with Gasteiger partial charge in [-0.3, -0.25) is 13.9 Å². The molecule has 10 heteroatoms. The number of nitrogens with zero attached hydrogens (tertiary/aromatic N) is 2. The molecule has 0 heterocycles. The molecule has 0 aromatic heterocycles. The Labute approximate surface area is 260 Å². The molecule has 0 radical (unpaired) electrons. The zero-order valence-electron chi connectivity index (χ0n) is 24.7. The number of nitrogens with one attached hydrogen (secondary N) is 1. The predicted octanol–water partition coefficient (Wildman–Crippen LogP) is 5.59. The van der Waals surface area contributed by atoms with Gasteiger partial charge in [-0.2, -0.15) is 0 Å². The first-order chi connectivity index (χ1) is 20.6. The summed E-state index contributed by atoms with van der Waals surface area (Å²) in [5, 5.41) is 3.76. The number of hydrogen-bond donors (Lipinski definition) is 1. The molecule has 0 spiro atoms. The fraction of sp³-hybridized carbons (Fsp3) is 0.394. The number of ether oxygens (including phenoxy) is 1. The first-order valence-corrected chi connectivity index (χ1v) is 17.0. The summed E-state index contributed by atoms with van der Waals surface area (Å²) in [6, 6.07) is 22.4. The Balaban J connectivity index is 1.70. The van der Waals surface area contributed by atoms with Crippen LogP contribution in [0.4, 0.5) is 5.69 Å². The van der Waals surface area contributed by atoms with Gasteiger partial charge < -0.3 is 15.0 Å². The van der Waals surface area contributed by atoms with Gasteiger partial charge >= 0.3 is 0 Å². The summed E-state index contributed by atoms with van der Waals surface area (Å²) in [4.78, 5) is 29.7. The Morgan fingerprint density at radius 3 is 2.19 bits per heavy atom. The summed E-state index contributed by atoms with van der Waals surface area (Å²) < 4.78 is 32.5. The van der Waals surface area contributed by atoms with E-state index < -0.39 is 28.5 Å². The predicted molar refractivity (Wildman–Crippen MR) is 171 cm³/mol. The van der Waals surface area contributed by atoms with Gasteiger partial charge in [-0.05, 0) is 67.3 Å². The van der Waals surface area contributed by atoms with Crippen LogP contribution in [-0.2, 0) is 32.6 Å². The maximum Gasteiger partial charge on any atom is 0.244 e. The van der Waals surface area contributed by atoms with Crippen molar-refractivity contribution in [3.8, 4) is 5.75 Å². The monoisotopic (exact) mass is 625 g/mol. The van der Waals surface area contributed by atoms with Gasteiger partial charge in [-0.1, -0.05) is 73.3 Å². The van der Waals surface area contributed by atoms with Gasteiger partial charge in [0.1, 0.15) is 18.3 Å². The Morgan fingerprint density at radius 1 is 0.930 bits per heavy atom. The standard InChI is InChI=1S/C33H40ClN3O5S/c1-3-42-30-20-18-29(19-21-30)37(43(2,40)41)24-32(38)36(23-26-14-16-27(34)17-15-26)31(22-25-10-6-4-7-11-25)33(39)35-28-12-8-5-9-13-28/h4,6-7,10-11,14-21,28,31H,3,5,8-9,12-13,22-24H2,1-2H3,(H,35,39). The summed E-state index contributed by atoms with van der Waals surface area (Å²) in [5.41, 5.74) is 2.00. The summed E-state index contributed by atoms with van der Waals surface area (Å²) >= 11 is 6.13. The molecule has 1 N–H and O–H groups in total. The van der Waals surface area contributed by atoms with Crippen molar-refractivity contribution in [1.82, 2.24) is 10.2 Å². The number of sulfonamides is 1. The van der Waals surface area contributed by atoms with E-state index in [9.17, 15) is 18.0 Å². The van der Waals surface area contributed by atoms with Crippen molar-refractivity contribution in [2.45, 2.75) is 64.1 Å². The highest BCUT2D eigenvalue weighted by Crippen LogP contribution is 2.24. The lowest BCUT2D eigenvalue weighted by Gasteiger charge is -2.35. The van der Waals surface area contributed by atoms with Gasteiger partial charge in [0.05, 0.1) is 18.6 Å². The normalized spacial score (nSPS) is 14.5. The van der Waals surface area contributed by atoms with E-state index in [1.165, 1.54) is 4.90 Å². The number of amides is 2. The summed E-state index contributed by atoms with van der Waals surface area (Å²) in [7, 11) is -3.85. The molecule has 2 amide bonds. The molecule has 4 rings (SSSR count). The van der Waals surface area contributed by atoms with E-state index in [2.05, 4.69) is 5.32 Å². The molecular formula is C33H40ClN3O5S. The largest absolute Gasteiger partial charge is 0.494 e. The second-order valence-electron chi connectivity index (χ2n) is 10.9. The minimum atomic E-state index is -3.85. The zero-order chi connectivity index (χ0) is 30.8. The van der Waals surface area contributed by atoms with Crippen LogP contribution in [0.25, 0.3) is 0 Å². The molecule has 3 aromatic carbocycles. The van der Waals surface area contributed by atoms with Crippen LogP contribution in [0.15, 0.2) is 78.9 Å². The Bertz CT molecular complexity index is 1440. The number of anilines is 1. The maximum absolute atomic E-state index is 14.2. The minimum absolute atomic E-state index is 0.0448. The molecule has 1 unspecified atom stereocenters. The maximum atomic E-state index is 14.2. The molecule has 43 heavy (non-hydrogen) atoms. The lowest BCUT2D eigenvalue weighted by atomic mass is 9.94. The molecule has 1 fully saturated rings. The molecule has 0 bridgehead atoms. The second-order valence-corrected chi connectivity index (χ2v) is 13.2. The molecule has 1 aliphatic rings. The number of hydrogen-bond acceptors (Lipinski definition) is 5. The molecular weight excluding hydrogens is 586 g/mol. The topological polar surface area (TPSA) is 96.0 Å². The molecule has 1 saturated carbocycles. The lowest BCUT2D eigenvalue weighted by molar-refractivity contribution is -0.140. The summed E-state index contributed by atoms with van der Waals surface area (Å²) in [5.74, 6) is -0.142. The molecule has 0 aliphatic heterocycles. The first kappa shape index (κ1) is 32.4. The van der Waals surface area contributed by atoms with Crippen LogP contribution in [0.3, 0.4) is 0 Å². The van der Waals surface area contributed by atoms with Gasteiger partial charge in [0.25, 0.3) is 0 Å². The van der Waals surface area contributed by atoms with Gasteiger partial charge in [0.15, 0.2) is 0 Å². The Kier molecular flexibility index (Phi) is 11.5. The van der Waals surface area contributed by atoms with Crippen LogP contribution in [-0.4, -0.2) is 56.6 Å². The SMILES string of the molecule is CCOc1ccc(N(CC(=O)N(Cc2ccc(Cl)cc2)C(Cc2ccccc2)C(=O)NC2CCCCC2)S(C)(=O)=O)cc1. The third kappa shape index (κ3) is 9.46. The highest BCUT2D eigenvalue weighted by molar-refractivity contribution is 7.92. The second kappa shape index (κ2) is 15.3. The van der Waals surface area contributed by atoms with Crippen molar-refractivity contribution in [1.29, 1.82) is 0 Å². The van der Waals surface area contributed by atoms with E-state index >= 15 is 0 Å². The summed E-state index contributed by atoms with van der Waals surface area (Å²) in [6.07, 6.45) is 6.38. The fourth-order valence-corrected chi connectivity index (χ4v) is 6.35. The smallest absolute Gasteiger partial charge is 0.244 e. The lowest BCUT2D eigenvalue weighted by Crippen LogP contribution is -2.55. The van der Waals surface area contributed by atoms with Crippen LogP contribution >= 0.6 is 11.6 Å². The van der Waals surface area contributed by atoms with Crippen molar-refractivity contribution in [2.75, 3.05) is 23.7 Å². The minimum Gasteiger partial charge on any atom is -0.494 e. The fourth-order valence-electron chi connectivity index (χ4n) is 5.37. The van der Waals surface area contributed by atoms with Crippen LogP contribution in [0.2, 0.25) is 5.02 Å². The number of benzene rings is 3. The average molecular weight is 626 g/mol. The highest BCUT2D eigenvalue weighted by Gasteiger charge is 2.34. The van der Waals surface area contributed by atoms with Crippen LogP contribution in [0.1, 0.15) is 50.2 Å². The quantitative estimate of drug-likeness (QED) is 0.267. The first-order valence-electron chi connectivity index (χ1n) is 14.7. The average Bonchev–Trinajstić information content (AvgIpc) is 2.99. The highest BCUT2D eigenvalue weighted by atomic mass is 35.5. The molecule has 0 saturated heterocycles. The molecule has 3 aromatic rings. The molecule has 1 aliphatic carbocycles. The van der Waals surface area contributed by atoms with E-state index in [1.54, 1.807) is 36.4 Å². The van der Waals surface area contributed by atoms with Crippen LogP contribution in [0, 0.1) is 0 Å². The number of carbonyl (C=O) groups excluding carboxylic acids is 2. The molecule has 1 atom stereocenters.